The molecule has 0 amide bonds. The number of carbonyl (C=O) groups excluding carboxylic acids is 2. The van der Waals surface area contributed by atoms with E-state index in [1.165, 1.54) is 0 Å². The van der Waals surface area contributed by atoms with E-state index >= 15 is 0 Å². The summed E-state index contributed by atoms with van der Waals surface area (Å²) >= 11 is 0. The van der Waals surface area contributed by atoms with Crippen LogP contribution in [0.25, 0.3) is 0 Å². The largest absolute Gasteiger partial charge is 1.00 e. The van der Waals surface area contributed by atoms with E-state index in [1.54, 1.807) is 0 Å². The molecule has 0 atom stereocenters. The quantitative estimate of drug-likeness (QED) is 0.284. The van der Waals surface area contributed by atoms with Gasteiger partial charge in [-0.05, 0) is 0 Å². The van der Waals surface area contributed by atoms with Crippen LogP contribution < -0.4 is 113 Å². The predicted molar refractivity (Wildman–Crippen MR) is 53.3 cm³/mol. The molecule has 12 heteroatoms. The predicted octanol–water partition coefficient (Wildman–Crippen LogP) is -10.8. The summed E-state index contributed by atoms with van der Waals surface area (Å²) in [6.45, 7) is -3.40. The maximum absolute atomic E-state index is 10.5. The van der Waals surface area contributed by atoms with Gasteiger partial charge in [0.15, 0.2) is 0 Å². The molecule has 10 nitrogen and oxygen atoms in total. The summed E-state index contributed by atoms with van der Waals surface area (Å²) in [6, 6.07) is 0. The van der Waals surface area contributed by atoms with Gasteiger partial charge < -0.3 is 30.0 Å². The number of carboxylic acids is 4. The normalized spacial score (nSPS) is 9.62. The molecule has 0 heterocycles. The number of aliphatic carboxylic acids is 4. The van der Waals surface area contributed by atoms with E-state index in [0.29, 0.717) is 0 Å². The molecular weight excluding hydrogens is 342 g/mol. The van der Waals surface area contributed by atoms with E-state index < -0.39 is 56.7 Å². The van der Waals surface area contributed by atoms with E-state index in [-0.39, 0.29) is 103 Å². The zero-order chi connectivity index (χ0) is 15.0. The first-order chi connectivity index (χ1) is 8.70. The minimum absolute atomic E-state index is 0. The van der Waals surface area contributed by atoms with Crippen molar-refractivity contribution < 1.29 is 142 Å². The number of hydrogen-bond acceptors (Lipinski definition) is 8. The fourth-order valence-corrected chi connectivity index (χ4v) is 1.34. The first-order valence-electron chi connectivity index (χ1n) is 4.98. The minimum atomic E-state index is -1.56. The molecule has 0 bridgehead atoms. The summed E-state index contributed by atoms with van der Waals surface area (Å²) < 4.78 is 0. The number of nitrogens with zero attached hydrogens (tertiary/aromatic N) is 2. The Morgan fingerprint density at radius 1 is 0.714 bits per heavy atom. The molecule has 2 N–H and O–H groups in total. The van der Waals surface area contributed by atoms with E-state index in [1.807, 2.05) is 0 Å². The van der Waals surface area contributed by atoms with Crippen LogP contribution in [0.15, 0.2) is 0 Å². The Hall–Kier alpha value is 1.07. The number of carbonyl (C=O) groups is 4. The zero-order valence-electron chi connectivity index (χ0n) is 11.8. The maximum atomic E-state index is 10.5. The molecular formula is C9H12K2N2O8. The number of carboxylic acid groups (broad SMARTS) is 4. The zero-order valence-corrected chi connectivity index (χ0v) is 18.0. The molecule has 0 aromatic rings. The van der Waals surface area contributed by atoms with Gasteiger partial charge in [-0.15, -0.1) is 0 Å². The van der Waals surface area contributed by atoms with Gasteiger partial charge >= 0.3 is 115 Å². The monoisotopic (exact) mass is 354 g/mol. The van der Waals surface area contributed by atoms with Crippen molar-refractivity contribution >= 4 is 23.9 Å². The second kappa shape index (κ2) is 14.7. The van der Waals surface area contributed by atoms with E-state index in [9.17, 15) is 29.4 Å². The smallest absolute Gasteiger partial charge is 0.549 e. The molecule has 0 aliphatic heterocycles. The molecule has 0 rings (SSSR count). The van der Waals surface area contributed by atoms with Crippen molar-refractivity contribution in [3.05, 3.63) is 0 Å². The van der Waals surface area contributed by atoms with Gasteiger partial charge in [-0.3, -0.25) is 19.4 Å². The van der Waals surface area contributed by atoms with Crippen molar-refractivity contribution in [3.8, 4) is 0 Å². The molecule has 0 aliphatic carbocycles. The van der Waals surface area contributed by atoms with Crippen molar-refractivity contribution in [1.29, 1.82) is 0 Å². The Kier molecular flexibility index (Phi) is 18.8. The van der Waals surface area contributed by atoms with E-state index in [4.69, 9.17) is 10.2 Å². The molecule has 0 aromatic carbocycles. The molecule has 0 unspecified atom stereocenters. The van der Waals surface area contributed by atoms with Crippen LogP contribution in [0.3, 0.4) is 0 Å². The van der Waals surface area contributed by atoms with Crippen LogP contribution in [0.2, 0.25) is 0 Å². The Balaban J connectivity index is -0.00000162. The molecule has 108 valence electrons. The van der Waals surface area contributed by atoms with Crippen molar-refractivity contribution in [2.45, 2.75) is 0 Å². The molecule has 0 aromatic heterocycles. The summed E-state index contributed by atoms with van der Waals surface area (Å²) in [5.74, 6) is -5.81. The Morgan fingerprint density at radius 2 is 1.00 bits per heavy atom. The van der Waals surface area contributed by atoms with Gasteiger partial charge in [-0.2, -0.15) is 0 Å². The van der Waals surface area contributed by atoms with Gasteiger partial charge in [0.2, 0.25) is 0 Å². The Bertz CT molecular complexity index is 313. The van der Waals surface area contributed by atoms with Crippen LogP contribution in [0.4, 0.5) is 0 Å². The fraction of sp³-hybridized carbons (Fsp3) is 0.556. The molecule has 0 spiro atoms. The van der Waals surface area contributed by atoms with Crippen LogP contribution in [-0.4, -0.2) is 76.7 Å². The minimum Gasteiger partial charge on any atom is -0.549 e. The van der Waals surface area contributed by atoms with Gasteiger partial charge in [0.1, 0.15) is 0 Å². The number of hydrogen-bond donors (Lipinski definition) is 2. The van der Waals surface area contributed by atoms with E-state index in [0.717, 1.165) is 9.80 Å². The van der Waals surface area contributed by atoms with Crippen LogP contribution in [-0.2, 0) is 19.2 Å². The van der Waals surface area contributed by atoms with Crippen molar-refractivity contribution in [1.82, 2.24) is 9.80 Å². The topological polar surface area (TPSA) is 161 Å². The average molecular weight is 354 g/mol. The Morgan fingerprint density at radius 3 is 1.19 bits per heavy atom. The van der Waals surface area contributed by atoms with Crippen molar-refractivity contribution in [2.24, 2.45) is 0 Å². The van der Waals surface area contributed by atoms with Crippen LogP contribution >= 0.6 is 0 Å². The molecule has 0 saturated carbocycles. The van der Waals surface area contributed by atoms with Crippen LogP contribution in [0.5, 0.6) is 0 Å². The Labute approximate surface area is 205 Å². The van der Waals surface area contributed by atoms with Gasteiger partial charge in [0.25, 0.3) is 0 Å². The second-order valence-electron chi connectivity index (χ2n) is 3.65. The van der Waals surface area contributed by atoms with Crippen LogP contribution in [0.1, 0.15) is 0 Å². The van der Waals surface area contributed by atoms with Crippen molar-refractivity contribution in [3.63, 3.8) is 0 Å². The number of rotatable bonds is 10. The third kappa shape index (κ3) is 17.3. The fourth-order valence-electron chi connectivity index (χ4n) is 1.34. The third-order valence-corrected chi connectivity index (χ3v) is 1.82. The molecule has 0 aliphatic rings. The van der Waals surface area contributed by atoms with Gasteiger partial charge in [-0.25, -0.2) is 0 Å². The third-order valence-electron chi connectivity index (χ3n) is 1.82. The SMILES string of the molecule is O=C([O-])CN(CC(=O)O)CN(CC(=O)[O-])CC(=O)O.[K+].[K+]. The summed E-state index contributed by atoms with van der Waals surface area (Å²) in [5.41, 5.74) is 0. The molecule has 0 saturated heterocycles. The van der Waals surface area contributed by atoms with Gasteiger partial charge in [0.05, 0.1) is 31.7 Å². The summed E-state index contributed by atoms with van der Waals surface area (Å²) in [6.07, 6.45) is 0. The summed E-state index contributed by atoms with van der Waals surface area (Å²) in [4.78, 5) is 43.5. The molecule has 0 radical (unpaired) electrons. The average Bonchev–Trinajstić information content (AvgIpc) is 2.11. The van der Waals surface area contributed by atoms with Crippen molar-refractivity contribution in [2.75, 3.05) is 32.8 Å². The maximum Gasteiger partial charge on any atom is 1.00 e. The van der Waals surface area contributed by atoms with Crippen LogP contribution in [0, 0.1) is 0 Å². The van der Waals surface area contributed by atoms with E-state index in [2.05, 4.69) is 0 Å². The summed E-state index contributed by atoms with van der Waals surface area (Å²) in [5, 5.41) is 37.9. The first kappa shape index (κ1) is 26.9. The van der Waals surface area contributed by atoms with Gasteiger partial charge in [0, 0.05) is 13.1 Å². The second-order valence-corrected chi connectivity index (χ2v) is 3.65. The first-order valence-corrected chi connectivity index (χ1v) is 4.98. The standard InChI is InChI=1S/C9H14N2O8.2K/c12-6(13)1-10(2-7(14)15)5-11(3-8(16)17)4-9(18)19;;/h1-5H2,(H,12,13)(H,14,15)(H,16,17)(H,18,19);;/q;2*+1/p-2. The summed E-state index contributed by atoms with van der Waals surface area (Å²) in [7, 11) is 0. The van der Waals surface area contributed by atoms with Gasteiger partial charge in [-0.1, -0.05) is 0 Å². The molecule has 21 heavy (non-hydrogen) atoms. The molecule has 0 fully saturated rings.